The first-order chi connectivity index (χ1) is 8.83. The fraction of sp³-hybridized carbons (Fsp3) is 0.375. The second-order valence-corrected chi connectivity index (χ2v) is 5.93. The summed E-state index contributed by atoms with van der Waals surface area (Å²) in [6.07, 6.45) is 4.36. The predicted molar refractivity (Wildman–Crippen MR) is 76.0 cm³/mol. The van der Waals surface area contributed by atoms with Crippen LogP contribution in [0.15, 0.2) is 41.1 Å². The van der Waals surface area contributed by atoms with Crippen molar-refractivity contribution in [1.29, 1.82) is 0 Å². The Labute approximate surface area is 112 Å². The lowest BCUT2D eigenvalue weighted by Gasteiger charge is -2.26. The summed E-state index contributed by atoms with van der Waals surface area (Å²) in [7, 11) is 0. The molecule has 0 aliphatic heterocycles. The van der Waals surface area contributed by atoms with Crippen LogP contribution in [0.3, 0.4) is 0 Å². The molecule has 1 nitrogen and oxygen atoms in total. The molecule has 2 aromatic rings. The predicted octanol–water partition coefficient (Wildman–Crippen LogP) is 4.29. The van der Waals surface area contributed by atoms with Gasteiger partial charge >= 0.3 is 0 Å². The molecule has 1 saturated carbocycles. The third-order valence-corrected chi connectivity index (χ3v) is 4.64. The molecule has 94 valence electrons. The molecule has 2 heteroatoms. The Morgan fingerprint density at radius 2 is 1.94 bits per heavy atom. The van der Waals surface area contributed by atoms with Gasteiger partial charge in [0.1, 0.15) is 0 Å². The summed E-state index contributed by atoms with van der Waals surface area (Å²) < 4.78 is 0. The maximum atomic E-state index is 10.2. The highest BCUT2D eigenvalue weighted by Crippen LogP contribution is 2.36. The van der Waals surface area contributed by atoms with Crippen molar-refractivity contribution in [2.24, 2.45) is 0 Å². The largest absolute Gasteiger partial charge is 0.388 e. The Hall–Kier alpha value is -1.12. The first-order valence-electron chi connectivity index (χ1n) is 6.62. The Balaban J connectivity index is 1.67. The molecule has 18 heavy (non-hydrogen) atoms. The number of benzene rings is 1. The lowest BCUT2D eigenvalue weighted by Crippen LogP contribution is -2.09. The number of hydrogen-bond acceptors (Lipinski definition) is 2. The van der Waals surface area contributed by atoms with Crippen molar-refractivity contribution in [3.8, 4) is 0 Å². The molecular weight excluding hydrogens is 240 g/mol. The number of thiophene rings is 1. The van der Waals surface area contributed by atoms with Gasteiger partial charge < -0.3 is 5.11 Å². The fourth-order valence-corrected chi connectivity index (χ4v) is 3.16. The highest BCUT2D eigenvalue weighted by Gasteiger charge is 2.19. The standard InChI is InChI=1S/C16H18OS/c17-16(10-12-8-9-18-11-12)15-6-4-14(5-7-15)13-2-1-3-13/h4-9,11,13,16-17H,1-3,10H2. The zero-order valence-electron chi connectivity index (χ0n) is 10.4. The summed E-state index contributed by atoms with van der Waals surface area (Å²) >= 11 is 1.68. The fourth-order valence-electron chi connectivity index (χ4n) is 2.48. The summed E-state index contributed by atoms with van der Waals surface area (Å²) in [6.45, 7) is 0. The summed E-state index contributed by atoms with van der Waals surface area (Å²) in [5, 5.41) is 14.4. The van der Waals surface area contributed by atoms with Crippen molar-refractivity contribution in [2.45, 2.75) is 37.7 Å². The van der Waals surface area contributed by atoms with Gasteiger partial charge in [-0.25, -0.2) is 0 Å². The van der Waals surface area contributed by atoms with Gasteiger partial charge in [0.15, 0.2) is 0 Å². The molecule has 1 heterocycles. The minimum atomic E-state index is -0.380. The van der Waals surface area contributed by atoms with E-state index in [0.29, 0.717) is 6.42 Å². The van der Waals surface area contributed by atoms with Gasteiger partial charge in [0, 0.05) is 6.42 Å². The Kier molecular flexibility index (Phi) is 3.48. The van der Waals surface area contributed by atoms with E-state index in [1.54, 1.807) is 11.3 Å². The summed E-state index contributed by atoms with van der Waals surface area (Å²) in [4.78, 5) is 0. The molecule has 1 aromatic heterocycles. The molecule has 0 radical (unpaired) electrons. The summed E-state index contributed by atoms with van der Waals surface area (Å²) in [5.74, 6) is 0.771. The lowest BCUT2D eigenvalue weighted by molar-refractivity contribution is 0.178. The van der Waals surface area contributed by atoms with E-state index in [-0.39, 0.29) is 6.10 Å². The van der Waals surface area contributed by atoms with Gasteiger partial charge in [-0.1, -0.05) is 30.7 Å². The molecule has 0 spiro atoms. The normalized spacial score (nSPS) is 17.4. The molecular formula is C16H18OS. The third-order valence-electron chi connectivity index (χ3n) is 3.91. The lowest BCUT2D eigenvalue weighted by atomic mass is 9.80. The highest BCUT2D eigenvalue weighted by molar-refractivity contribution is 7.07. The van der Waals surface area contributed by atoms with Crippen molar-refractivity contribution >= 4 is 11.3 Å². The molecule has 1 N–H and O–H groups in total. The maximum Gasteiger partial charge on any atom is 0.0830 e. The van der Waals surface area contributed by atoms with Crippen LogP contribution in [0.4, 0.5) is 0 Å². The minimum absolute atomic E-state index is 0.380. The van der Waals surface area contributed by atoms with E-state index in [2.05, 4.69) is 41.1 Å². The van der Waals surface area contributed by atoms with Crippen LogP contribution in [-0.4, -0.2) is 5.11 Å². The second-order valence-electron chi connectivity index (χ2n) is 5.15. The van der Waals surface area contributed by atoms with E-state index in [9.17, 15) is 5.11 Å². The van der Waals surface area contributed by atoms with Crippen molar-refractivity contribution in [2.75, 3.05) is 0 Å². The SMILES string of the molecule is OC(Cc1ccsc1)c1ccc(C2CCC2)cc1. The first-order valence-corrected chi connectivity index (χ1v) is 7.56. The van der Waals surface area contributed by atoms with E-state index in [4.69, 9.17) is 0 Å². The summed E-state index contributed by atoms with van der Waals surface area (Å²) in [5.41, 5.74) is 3.69. The Morgan fingerprint density at radius 3 is 2.50 bits per heavy atom. The summed E-state index contributed by atoms with van der Waals surface area (Å²) in [6, 6.07) is 10.6. The van der Waals surface area contributed by atoms with Crippen LogP contribution < -0.4 is 0 Å². The van der Waals surface area contributed by atoms with Gasteiger partial charge in [-0.2, -0.15) is 11.3 Å². The number of aliphatic hydroxyl groups is 1. The molecule has 1 unspecified atom stereocenters. The van der Waals surface area contributed by atoms with Gasteiger partial charge in [0.05, 0.1) is 6.10 Å². The van der Waals surface area contributed by atoms with Gasteiger partial charge in [-0.3, -0.25) is 0 Å². The second kappa shape index (κ2) is 5.25. The topological polar surface area (TPSA) is 20.2 Å². The molecule has 0 bridgehead atoms. The van der Waals surface area contributed by atoms with Crippen molar-refractivity contribution in [1.82, 2.24) is 0 Å². The zero-order valence-corrected chi connectivity index (χ0v) is 11.2. The molecule has 3 rings (SSSR count). The molecule has 1 aliphatic rings. The number of rotatable bonds is 4. The van der Waals surface area contributed by atoms with Crippen LogP contribution in [0.25, 0.3) is 0 Å². The van der Waals surface area contributed by atoms with Crippen molar-refractivity contribution in [3.63, 3.8) is 0 Å². The van der Waals surface area contributed by atoms with Crippen LogP contribution in [-0.2, 0) is 6.42 Å². The monoisotopic (exact) mass is 258 g/mol. The van der Waals surface area contributed by atoms with Gasteiger partial charge in [-0.15, -0.1) is 0 Å². The van der Waals surface area contributed by atoms with E-state index in [1.165, 1.54) is 30.4 Å². The molecule has 1 aliphatic carbocycles. The molecule has 1 atom stereocenters. The van der Waals surface area contributed by atoms with Crippen molar-refractivity contribution < 1.29 is 5.11 Å². The Bertz CT molecular complexity index is 482. The molecule has 0 saturated heterocycles. The van der Waals surface area contributed by atoms with Crippen LogP contribution in [0.2, 0.25) is 0 Å². The average molecular weight is 258 g/mol. The van der Waals surface area contributed by atoms with Gasteiger partial charge in [-0.05, 0) is 52.3 Å². The minimum Gasteiger partial charge on any atom is -0.388 e. The first kappa shape index (κ1) is 11.9. The van der Waals surface area contributed by atoms with E-state index in [1.807, 2.05) is 0 Å². The quantitative estimate of drug-likeness (QED) is 0.867. The smallest absolute Gasteiger partial charge is 0.0830 e. The Morgan fingerprint density at radius 1 is 1.17 bits per heavy atom. The van der Waals surface area contributed by atoms with Crippen LogP contribution in [0.1, 0.15) is 48.0 Å². The van der Waals surface area contributed by atoms with Crippen LogP contribution in [0.5, 0.6) is 0 Å². The van der Waals surface area contributed by atoms with Crippen LogP contribution >= 0.6 is 11.3 Å². The zero-order chi connectivity index (χ0) is 12.4. The van der Waals surface area contributed by atoms with Gasteiger partial charge in [0.25, 0.3) is 0 Å². The molecule has 1 aromatic carbocycles. The number of aliphatic hydroxyl groups excluding tert-OH is 1. The highest BCUT2D eigenvalue weighted by atomic mass is 32.1. The van der Waals surface area contributed by atoms with Crippen molar-refractivity contribution in [3.05, 3.63) is 57.8 Å². The molecule has 1 fully saturated rings. The van der Waals surface area contributed by atoms with Crippen LogP contribution in [0, 0.1) is 0 Å². The van der Waals surface area contributed by atoms with E-state index >= 15 is 0 Å². The van der Waals surface area contributed by atoms with E-state index in [0.717, 1.165) is 11.5 Å². The van der Waals surface area contributed by atoms with Gasteiger partial charge in [0.2, 0.25) is 0 Å². The number of hydrogen-bond donors (Lipinski definition) is 1. The third kappa shape index (κ3) is 2.50. The average Bonchev–Trinajstić information content (AvgIpc) is 2.80. The molecule has 0 amide bonds. The van der Waals surface area contributed by atoms with E-state index < -0.39 is 0 Å². The maximum absolute atomic E-state index is 10.2.